The lowest BCUT2D eigenvalue weighted by atomic mass is 9.81. The summed E-state index contributed by atoms with van der Waals surface area (Å²) in [5.41, 5.74) is -1.12. The highest BCUT2D eigenvalue weighted by Gasteiger charge is 2.37. The Bertz CT molecular complexity index is 611. The van der Waals surface area contributed by atoms with E-state index in [1.807, 2.05) is 0 Å². The minimum Gasteiger partial charge on any atom is -0.404 e. The van der Waals surface area contributed by atoms with E-state index in [9.17, 15) is 26.7 Å². The van der Waals surface area contributed by atoms with Crippen LogP contribution in [0.4, 0.5) is 13.2 Å². The van der Waals surface area contributed by atoms with Crippen LogP contribution in [-0.4, -0.2) is 32.0 Å². The van der Waals surface area contributed by atoms with Crippen LogP contribution < -0.4 is 9.46 Å². The topological polar surface area (TPSA) is 75.6 Å². The number of benzene rings is 1. The number of rotatable bonds is 5. The zero-order chi connectivity index (χ0) is 15.7. The molecule has 0 aromatic heterocycles. The standard InChI is InChI=1S/C12H14F3NO4S/c13-12(14,15)20-9-4-1-2-5-10(9)21(18,19)16-8-11(17)6-3-7-11/h1-2,4-5,16-17H,3,6-8H2. The highest BCUT2D eigenvalue weighted by molar-refractivity contribution is 7.89. The highest BCUT2D eigenvalue weighted by Crippen LogP contribution is 2.32. The van der Waals surface area contributed by atoms with Gasteiger partial charge in [-0.05, 0) is 31.4 Å². The molecule has 0 amide bonds. The lowest BCUT2D eigenvalue weighted by Crippen LogP contribution is -2.47. The summed E-state index contributed by atoms with van der Waals surface area (Å²) in [6, 6.07) is 4.45. The summed E-state index contributed by atoms with van der Waals surface area (Å²) in [5, 5.41) is 9.84. The van der Waals surface area contributed by atoms with Crippen LogP contribution in [0.2, 0.25) is 0 Å². The zero-order valence-electron chi connectivity index (χ0n) is 10.9. The van der Waals surface area contributed by atoms with E-state index in [0.717, 1.165) is 18.6 Å². The normalized spacial score (nSPS) is 18.1. The first-order valence-electron chi connectivity index (χ1n) is 6.18. The molecule has 1 aliphatic rings. The van der Waals surface area contributed by atoms with Crippen molar-refractivity contribution in [2.24, 2.45) is 0 Å². The zero-order valence-corrected chi connectivity index (χ0v) is 11.7. The van der Waals surface area contributed by atoms with Crippen LogP contribution in [0.25, 0.3) is 0 Å². The summed E-state index contributed by atoms with van der Waals surface area (Å²) in [4.78, 5) is -0.620. The van der Waals surface area contributed by atoms with Gasteiger partial charge in [-0.2, -0.15) is 0 Å². The molecule has 21 heavy (non-hydrogen) atoms. The lowest BCUT2D eigenvalue weighted by Gasteiger charge is -2.36. The first-order chi connectivity index (χ1) is 9.61. The summed E-state index contributed by atoms with van der Waals surface area (Å²) in [7, 11) is -4.21. The van der Waals surface area contributed by atoms with Crippen molar-refractivity contribution in [3.8, 4) is 5.75 Å². The van der Waals surface area contributed by atoms with Gasteiger partial charge in [-0.3, -0.25) is 0 Å². The number of hydrogen-bond acceptors (Lipinski definition) is 4. The molecular formula is C12H14F3NO4S. The molecule has 1 fully saturated rings. The fraction of sp³-hybridized carbons (Fsp3) is 0.500. The first-order valence-corrected chi connectivity index (χ1v) is 7.67. The van der Waals surface area contributed by atoms with Gasteiger partial charge in [0.25, 0.3) is 0 Å². The Hall–Kier alpha value is -1.32. The maximum absolute atomic E-state index is 12.3. The van der Waals surface area contributed by atoms with Gasteiger partial charge < -0.3 is 9.84 Å². The maximum Gasteiger partial charge on any atom is 0.573 e. The lowest BCUT2D eigenvalue weighted by molar-refractivity contribution is -0.275. The van der Waals surface area contributed by atoms with Crippen molar-refractivity contribution in [3.05, 3.63) is 24.3 Å². The fourth-order valence-corrected chi connectivity index (χ4v) is 3.20. The third kappa shape index (κ3) is 4.08. The molecule has 5 nitrogen and oxygen atoms in total. The SMILES string of the molecule is O=S(=O)(NCC1(O)CCC1)c1ccccc1OC(F)(F)F. The predicted octanol–water partition coefficient (Wildman–Crippen LogP) is 1.78. The van der Waals surface area contributed by atoms with Gasteiger partial charge in [0.15, 0.2) is 0 Å². The Labute approximate surface area is 119 Å². The van der Waals surface area contributed by atoms with Crippen molar-refractivity contribution in [1.29, 1.82) is 0 Å². The number of para-hydroxylation sites is 1. The summed E-state index contributed by atoms with van der Waals surface area (Å²) in [6.45, 7) is -0.240. The number of aliphatic hydroxyl groups is 1. The molecule has 2 N–H and O–H groups in total. The molecule has 9 heteroatoms. The van der Waals surface area contributed by atoms with Gasteiger partial charge in [0, 0.05) is 6.54 Å². The molecule has 1 aliphatic carbocycles. The number of sulfonamides is 1. The Balaban J connectivity index is 2.19. The summed E-state index contributed by atoms with van der Waals surface area (Å²) >= 11 is 0. The monoisotopic (exact) mass is 325 g/mol. The Morgan fingerprint density at radius 1 is 1.29 bits per heavy atom. The van der Waals surface area contributed by atoms with Crippen molar-refractivity contribution in [2.45, 2.75) is 36.1 Å². The smallest absolute Gasteiger partial charge is 0.404 e. The van der Waals surface area contributed by atoms with Crippen LogP contribution in [0.15, 0.2) is 29.2 Å². The number of ether oxygens (including phenoxy) is 1. The largest absolute Gasteiger partial charge is 0.573 e. The summed E-state index contributed by atoms with van der Waals surface area (Å²) in [5.74, 6) is -0.807. The van der Waals surface area contributed by atoms with Gasteiger partial charge in [-0.1, -0.05) is 12.1 Å². The molecule has 2 rings (SSSR count). The maximum atomic E-state index is 12.3. The average Bonchev–Trinajstić information content (AvgIpc) is 2.33. The number of nitrogens with one attached hydrogen (secondary N) is 1. The molecule has 118 valence electrons. The molecule has 0 spiro atoms. The quantitative estimate of drug-likeness (QED) is 0.865. The van der Waals surface area contributed by atoms with E-state index in [1.54, 1.807) is 0 Å². The van der Waals surface area contributed by atoms with Crippen molar-refractivity contribution >= 4 is 10.0 Å². The van der Waals surface area contributed by atoms with Crippen LogP contribution in [0.1, 0.15) is 19.3 Å². The molecule has 0 radical (unpaired) electrons. The highest BCUT2D eigenvalue weighted by atomic mass is 32.2. The summed E-state index contributed by atoms with van der Waals surface area (Å²) < 4.78 is 66.8. The van der Waals surface area contributed by atoms with E-state index in [0.29, 0.717) is 12.8 Å². The van der Waals surface area contributed by atoms with Crippen LogP contribution in [0, 0.1) is 0 Å². The molecule has 0 atom stereocenters. The van der Waals surface area contributed by atoms with Gasteiger partial charge >= 0.3 is 6.36 Å². The molecular weight excluding hydrogens is 311 g/mol. The minimum atomic E-state index is -4.99. The Kier molecular flexibility index (Phi) is 4.18. The number of hydrogen-bond donors (Lipinski definition) is 2. The molecule has 0 unspecified atom stereocenters. The van der Waals surface area contributed by atoms with Crippen LogP contribution >= 0.6 is 0 Å². The molecule has 0 heterocycles. The van der Waals surface area contributed by atoms with E-state index < -0.39 is 32.6 Å². The van der Waals surface area contributed by atoms with Gasteiger partial charge in [0.05, 0.1) is 5.60 Å². The second-order valence-corrected chi connectivity index (χ2v) is 6.63. The van der Waals surface area contributed by atoms with Crippen molar-refractivity contribution in [3.63, 3.8) is 0 Å². The molecule has 0 saturated heterocycles. The van der Waals surface area contributed by atoms with Gasteiger partial charge in [0.2, 0.25) is 10.0 Å². The van der Waals surface area contributed by atoms with E-state index >= 15 is 0 Å². The third-order valence-electron chi connectivity index (χ3n) is 3.24. The Morgan fingerprint density at radius 2 is 1.90 bits per heavy atom. The molecule has 1 saturated carbocycles. The van der Waals surface area contributed by atoms with Gasteiger partial charge in [0.1, 0.15) is 10.6 Å². The molecule has 0 aliphatic heterocycles. The van der Waals surface area contributed by atoms with E-state index in [2.05, 4.69) is 9.46 Å². The average molecular weight is 325 g/mol. The minimum absolute atomic E-state index is 0.240. The van der Waals surface area contributed by atoms with E-state index in [1.165, 1.54) is 12.1 Å². The van der Waals surface area contributed by atoms with Crippen LogP contribution in [0.5, 0.6) is 5.75 Å². The van der Waals surface area contributed by atoms with Crippen LogP contribution in [0.3, 0.4) is 0 Å². The van der Waals surface area contributed by atoms with E-state index in [4.69, 9.17) is 0 Å². The molecule has 0 bridgehead atoms. The van der Waals surface area contributed by atoms with E-state index in [-0.39, 0.29) is 6.54 Å². The van der Waals surface area contributed by atoms with Crippen molar-refractivity contribution in [1.82, 2.24) is 4.72 Å². The Morgan fingerprint density at radius 3 is 2.43 bits per heavy atom. The number of alkyl halides is 3. The predicted molar refractivity (Wildman–Crippen MR) is 67.1 cm³/mol. The number of halogens is 3. The molecule has 1 aromatic rings. The fourth-order valence-electron chi connectivity index (χ4n) is 1.95. The second kappa shape index (κ2) is 5.47. The van der Waals surface area contributed by atoms with Crippen LogP contribution in [-0.2, 0) is 10.0 Å². The van der Waals surface area contributed by atoms with Crippen molar-refractivity contribution in [2.75, 3.05) is 6.54 Å². The summed E-state index contributed by atoms with van der Waals surface area (Å²) in [6.07, 6.45) is -3.30. The van der Waals surface area contributed by atoms with Gasteiger partial charge in [-0.15, -0.1) is 13.2 Å². The van der Waals surface area contributed by atoms with Crippen molar-refractivity contribution < 1.29 is 31.4 Å². The van der Waals surface area contributed by atoms with Gasteiger partial charge in [-0.25, -0.2) is 13.1 Å². The molecule has 1 aromatic carbocycles. The third-order valence-corrected chi connectivity index (χ3v) is 4.68. The first kappa shape index (κ1) is 16.1. The second-order valence-electron chi connectivity index (χ2n) is 4.90.